The molecule has 0 aliphatic carbocycles. The molecular formula is C21H25N7O3S. The topological polar surface area (TPSA) is 120 Å². The van der Waals surface area contributed by atoms with Crippen LogP contribution in [0.4, 0.5) is 11.1 Å². The number of morpholine rings is 1. The zero-order valence-corrected chi connectivity index (χ0v) is 19.2. The van der Waals surface area contributed by atoms with Gasteiger partial charge in [0.15, 0.2) is 11.0 Å². The van der Waals surface area contributed by atoms with Crippen LogP contribution in [-0.2, 0) is 4.74 Å². The lowest BCUT2D eigenvalue weighted by molar-refractivity contribution is 0.0336. The minimum Gasteiger partial charge on any atom is -0.424 e. The number of carbonyl (C=O) groups excluding carboxylic acids is 1. The molecule has 168 valence electrons. The number of anilines is 2. The van der Waals surface area contributed by atoms with Crippen LogP contribution < -0.4 is 15.4 Å². The fraction of sp³-hybridized carbons (Fsp3) is 0.381. The number of nitrogens with zero attached hydrogens (tertiary/aromatic N) is 6. The van der Waals surface area contributed by atoms with Gasteiger partial charge in [-0.2, -0.15) is 15.0 Å². The van der Waals surface area contributed by atoms with Gasteiger partial charge >= 0.3 is 6.01 Å². The first-order chi connectivity index (χ1) is 15.3. The van der Waals surface area contributed by atoms with Gasteiger partial charge < -0.3 is 25.0 Å². The quantitative estimate of drug-likeness (QED) is 0.619. The van der Waals surface area contributed by atoms with E-state index in [1.165, 1.54) is 16.2 Å². The lowest BCUT2D eigenvalue weighted by atomic mass is 10.2. The van der Waals surface area contributed by atoms with Gasteiger partial charge in [0.1, 0.15) is 5.75 Å². The second kappa shape index (κ2) is 9.05. The van der Waals surface area contributed by atoms with Crippen LogP contribution in [-0.4, -0.2) is 70.1 Å². The van der Waals surface area contributed by atoms with Crippen LogP contribution in [0.25, 0.3) is 10.7 Å². The van der Waals surface area contributed by atoms with Gasteiger partial charge in [0, 0.05) is 26.2 Å². The third-order valence-electron chi connectivity index (χ3n) is 4.93. The highest BCUT2D eigenvalue weighted by atomic mass is 32.1. The van der Waals surface area contributed by atoms with E-state index in [0.717, 1.165) is 4.88 Å². The Labute approximate surface area is 190 Å². The molecule has 2 N–H and O–H groups in total. The molecule has 4 rings (SSSR count). The highest BCUT2D eigenvalue weighted by Gasteiger charge is 2.27. The lowest BCUT2D eigenvalue weighted by Crippen LogP contribution is -2.48. The van der Waals surface area contributed by atoms with Crippen molar-refractivity contribution in [2.75, 3.05) is 37.9 Å². The summed E-state index contributed by atoms with van der Waals surface area (Å²) in [6.07, 6.45) is 1.69. The molecule has 1 aliphatic rings. The van der Waals surface area contributed by atoms with E-state index in [2.05, 4.69) is 31.8 Å². The van der Waals surface area contributed by atoms with E-state index >= 15 is 0 Å². The molecule has 1 saturated heterocycles. The van der Waals surface area contributed by atoms with Gasteiger partial charge in [-0.05, 0) is 38.1 Å². The summed E-state index contributed by atoms with van der Waals surface area (Å²) in [6.45, 7) is 5.30. The first kappa shape index (κ1) is 21.9. The lowest BCUT2D eigenvalue weighted by Gasteiger charge is -2.36. The maximum absolute atomic E-state index is 12.1. The molecule has 1 aliphatic heterocycles. The van der Waals surface area contributed by atoms with Crippen molar-refractivity contribution >= 4 is 28.3 Å². The Morgan fingerprint density at radius 3 is 2.62 bits per heavy atom. The zero-order chi connectivity index (χ0) is 22.8. The van der Waals surface area contributed by atoms with Crippen LogP contribution in [0.1, 0.15) is 24.2 Å². The summed E-state index contributed by atoms with van der Waals surface area (Å²) in [5.41, 5.74) is 6.37. The molecule has 0 unspecified atom stereocenters. The van der Waals surface area contributed by atoms with Crippen LogP contribution in [0.3, 0.4) is 0 Å². The number of amides is 1. The number of ether oxygens (including phenoxy) is 2. The zero-order valence-electron chi connectivity index (χ0n) is 18.3. The van der Waals surface area contributed by atoms with Gasteiger partial charge in [-0.1, -0.05) is 11.3 Å². The van der Waals surface area contributed by atoms with E-state index in [1.54, 1.807) is 44.6 Å². The van der Waals surface area contributed by atoms with E-state index in [4.69, 9.17) is 15.2 Å². The van der Waals surface area contributed by atoms with Crippen molar-refractivity contribution < 1.29 is 14.3 Å². The van der Waals surface area contributed by atoms with Crippen LogP contribution >= 0.6 is 11.3 Å². The summed E-state index contributed by atoms with van der Waals surface area (Å²) in [5, 5.41) is 0.430. The standard InChI is InChI=1S/C21H25N7O3S/c1-12-11-30-13(2)10-28(12)20-24-17(16-9-23-19(22)32-16)25-21(26-20)31-15-7-5-14(6-8-15)18(29)27(3)4/h5-9,12-13H,10-11H2,1-4H3,(H2,22,23)/t12-,13-/m0/s1. The predicted molar refractivity (Wildman–Crippen MR) is 122 cm³/mol. The summed E-state index contributed by atoms with van der Waals surface area (Å²) in [7, 11) is 3.42. The molecule has 1 amide bonds. The number of carbonyl (C=O) groups is 1. The van der Waals surface area contributed by atoms with Gasteiger partial charge in [-0.3, -0.25) is 4.79 Å². The number of rotatable bonds is 5. The predicted octanol–water partition coefficient (Wildman–Crippen LogP) is 2.69. The number of benzene rings is 1. The molecule has 3 heterocycles. The molecule has 3 aromatic rings. The summed E-state index contributed by atoms with van der Waals surface area (Å²) >= 11 is 1.29. The van der Waals surface area contributed by atoms with Crippen molar-refractivity contribution in [1.29, 1.82) is 0 Å². The van der Waals surface area contributed by atoms with Crippen LogP contribution in [0, 0.1) is 0 Å². The van der Waals surface area contributed by atoms with Gasteiger partial charge in [-0.15, -0.1) is 0 Å². The maximum Gasteiger partial charge on any atom is 0.327 e. The third-order valence-corrected chi connectivity index (χ3v) is 5.75. The van der Waals surface area contributed by atoms with E-state index in [-0.39, 0.29) is 24.1 Å². The fourth-order valence-electron chi connectivity index (χ4n) is 3.23. The number of hydrogen-bond acceptors (Lipinski definition) is 10. The molecule has 0 saturated carbocycles. The summed E-state index contributed by atoms with van der Waals surface area (Å²) in [4.78, 5) is 34.2. The second-order valence-corrected chi connectivity index (χ2v) is 8.84. The van der Waals surface area contributed by atoms with Gasteiger partial charge in [0.2, 0.25) is 5.95 Å². The van der Waals surface area contributed by atoms with Gasteiger partial charge in [0.05, 0.1) is 29.8 Å². The van der Waals surface area contributed by atoms with E-state index < -0.39 is 0 Å². The molecule has 1 aromatic carbocycles. The van der Waals surface area contributed by atoms with Crippen LogP contribution in [0.5, 0.6) is 11.8 Å². The molecular weight excluding hydrogens is 430 g/mol. The Balaban J connectivity index is 1.67. The minimum atomic E-state index is -0.0838. The largest absolute Gasteiger partial charge is 0.424 e. The second-order valence-electron chi connectivity index (χ2n) is 7.78. The smallest absolute Gasteiger partial charge is 0.327 e. The van der Waals surface area contributed by atoms with Gasteiger partial charge in [0.25, 0.3) is 5.91 Å². The average Bonchev–Trinajstić information content (AvgIpc) is 3.21. The Morgan fingerprint density at radius 2 is 1.97 bits per heavy atom. The molecule has 10 nitrogen and oxygen atoms in total. The summed E-state index contributed by atoms with van der Waals surface area (Å²) in [6, 6.07) is 7.08. The number of aromatic nitrogens is 4. The van der Waals surface area contributed by atoms with E-state index in [9.17, 15) is 4.79 Å². The maximum atomic E-state index is 12.1. The van der Waals surface area contributed by atoms with Crippen LogP contribution in [0.15, 0.2) is 30.5 Å². The molecule has 0 bridgehead atoms. The van der Waals surface area contributed by atoms with Crippen molar-refractivity contribution in [3.05, 3.63) is 36.0 Å². The molecule has 11 heteroatoms. The molecule has 2 aromatic heterocycles. The fourth-order valence-corrected chi connectivity index (χ4v) is 3.85. The van der Waals surface area contributed by atoms with Crippen molar-refractivity contribution in [3.8, 4) is 22.5 Å². The summed E-state index contributed by atoms with van der Waals surface area (Å²) < 4.78 is 11.7. The number of hydrogen-bond donors (Lipinski definition) is 1. The molecule has 32 heavy (non-hydrogen) atoms. The average molecular weight is 456 g/mol. The SMILES string of the molecule is C[C@H]1CN(c2nc(Oc3ccc(C(=O)N(C)C)cc3)nc(-c3cnc(N)s3)n2)[C@@H](C)CO1. The van der Waals surface area contributed by atoms with Crippen molar-refractivity contribution in [2.45, 2.75) is 26.0 Å². The minimum absolute atomic E-state index is 0.0524. The molecule has 1 fully saturated rings. The molecule has 0 radical (unpaired) electrons. The Kier molecular flexibility index (Phi) is 6.19. The summed E-state index contributed by atoms with van der Waals surface area (Å²) in [5.74, 6) is 1.36. The Bertz CT molecular complexity index is 1100. The normalized spacial score (nSPS) is 18.4. The first-order valence-electron chi connectivity index (χ1n) is 10.2. The van der Waals surface area contributed by atoms with Crippen LogP contribution in [0.2, 0.25) is 0 Å². The Hall–Kier alpha value is -3.31. The number of nitrogen functional groups attached to an aromatic ring is 1. The Morgan fingerprint density at radius 1 is 1.22 bits per heavy atom. The van der Waals surface area contributed by atoms with E-state index in [0.29, 0.717) is 41.4 Å². The van der Waals surface area contributed by atoms with Gasteiger partial charge in [-0.25, -0.2) is 4.98 Å². The molecule has 0 spiro atoms. The first-order valence-corrected chi connectivity index (χ1v) is 11.0. The van der Waals surface area contributed by atoms with Crippen molar-refractivity contribution in [3.63, 3.8) is 0 Å². The highest BCUT2D eigenvalue weighted by molar-refractivity contribution is 7.18. The highest BCUT2D eigenvalue weighted by Crippen LogP contribution is 2.29. The monoisotopic (exact) mass is 455 g/mol. The number of thiazole rings is 1. The van der Waals surface area contributed by atoms with Crippen molar-refractivity contribution in [1.82, 2.24) is 24.8 Å². The van der Waals surface area contributed by atoms with E-state index in [1.807, 2.05) is 6.92 Å². The van der Waals surface area contributed by atoms with Crippen molar-refractivity contribution in [2.24, 2.45) is 0 Å². The molecule has 2 atom stereocenters. The number of nitrogens with two attached hydrogens (primary N) is 1. The third kappa shape index (κ3) is 4.78.